The Labute approximate surface area is 139 Å². The number of hydrogen-bond acceptors (Lipinski definition) is 5. The number of rotatable bonds is 0. The molecule has 5 nitrogen and oxygen atoms in total. The van der Waals surface area contributed by atoms with Crippen LogP contribution in [0.1, 0.15) is 44.9 Å². The first kappa shape index (κ1) is 17.6. The zero-order valence-corrected chi connectivity index (χ0v) is 15.2. The summed E-state index contributed by atoms with van der Waals surface area (Å²) in [4.78, 5) is 16.3. The molecule has 0 bridgehead atoms. The maximum absolute atomic E-state index is 5.60. The second-order valence-corrected chi connectivity index (χ2v) is 5.33. The van der Waals surface area contributed by atoms with Crippen molar-refractivity contribution in [1.82, 2.24) is 15.0 Å². The van der Waals surface area contributed by atoms with Gasteiger partial charge < -0.3 is 9.64 Å². The normalized spacial score (nSPS) is 18.3. The quantitative estimate of drug-likeness (QED) is 0.745. The van der Waals surface area contributed by atoms with Gasteiger partial charge in [0.05, 0.1) is 35.9 Å². The van der Waals surface area contributed by atoms with Crippen LogP contribution in [0.3, 0.4) is 0 Å². The van der Waals surface area contributed by atoms with Gasteiger partial charge in [0, 0.05) is 18.7 Å². The highest BCUT2D eigenvalue weighted by atomic mass is 16.5. The van der Waals surface area contributed by atoms with Crippen LogP contribution in [-0.2, 0) is 11.2 Å². The fraction of sp³-hybridized carbons (Fsp3) is 0.611. The molecule has 0 aliphatic carbocycles. The highest BCUT2D eigenvalue weighted by molar-refractivity contribution is 5.93. The van der Waals surface area contributed by atoms with Gasteiger partial charge in [-0.05, 0) is 19.9 Å². The number of pyridine rings is 1. The Morgan fingerprint density at radius 3 is 2.57 bits per heavy atom. The summed E-state index contributed by atoms with van der Waals surface area (Å²) < 4.78 is 5.60. The molecule has 2 aliphatic rings. The van der Waals surface area contributed by atoms with Gasteiger partial charge in [-0.1, -0.05) is 27.7 Å². The molecule has 2 aromatic rings. The van der Waals surface area contributed by atoms with Gasteiger partial charge in [0.15, 0.2) is 0 Å². The third-order valence-corrected chi connectivity index (χ3v) is 3.90. The number of fused-ring (bicyclic) bond motifs is 2. The topological polar surface area (TPSA) is 51.1 Å². The van der Waals surface area contributed by atoms with E-state index in [1.807, 2.05) is 41.5 Å². The van der Waals surface area contributed by atoms with E-state index in [9.17, 15) is 0 Å². The van der Waals surface area contributed by atoms with Gasteiger partial charge >= 0.3 is 0 Å². The standard InChI is InChI=1S/C14H16N4O.2C2H6/c1-8-5-11-13-12(15-8)6-10-7-19-4-3-18(10)14(13)17-9(2)16-11;2*1-2/h5,10H,3-4,6-7H2,1-2H3;2*1-2H3. The Bertz CT molecular complexity index is 666. The van der Waals surface area contributed by atoms with E-state index in [2.05, 4.69) is 20.9 Å². The molecule has 5 heteroatoms. The Morgan fingerprint density at radius 1 is 1.09 bits per heavy atom. The van der Waals surface area contributed by atoms with E-state index in [-0.39, 0.29) is 0 Å². The van der Waals surface area contributed by atoms with Crippen LogP contribution in [-0.4, -0.2) is 40.8 Å². The van der Waals surface area contributed by atoms with Crippen molar-refractivity contribution in [3.63, 3.8) is 0 Å². The molecule has 4 rings (SSSR count). The predicted octanol–water partition coefficient (Wildman–Crippen LogP) is 3.46. The number of aromatic nitrogens is 3. The molecule has 23 heavy (non-hydrogen) atoms. The first-order valence-corrected chi connectivity index (χ1v) is 8.71. The molecule has 0 saturated carbocycles. The number of morpholine rings is 1. The Morgan fingerprint density at radius 2 is 1.83 bits per heavy atom. The molecule has 126 valence electrons. The minimum atomic E-state index is 0.369. The summed E-state index contributed by atoms with van der Waals surface area (Å²) in [7, 11) is 0. The van der Waals surface area contributed by atoms with Gasteiger partial charge in [-0.3, -0.25) is 4.98 Å². The molecule has 1 saturated heterocycles. The van der Waals surface area contributed by atoms with Crippen molar-refractivity contribution in [2.75, 3.05) is 24.7 Å². The second kappa shape index (κ2) is 7.68. The molecule has 0 N–H and O–H groups in total. The fourth-order valence-electron chi connectivity index (χ4n) is 3.14. The zero-order chi connectivity index (χ0) is 17.0. The molecular weight excluding hydrogens is 288 g/mol. The number of nitrogens with zero attached hydrogens (tertiary/aromatic N) is 4. The van der Waals surface area contributed by atoms with Crippen molar-refractivity contribution in [1.29, 1.82) is 0 Å². The summed E-state index contributed by atoms with van der Waals surface area (Å²) in [5.74, 6) is 1.87. The Kier molecular flexibility index (Phi) is 5.88. The van der Waals surface area contributed by atoms with E-state index in [1.165, 1.54) is 0 Å². The average molecular weight is 316 g/mol. The summed E-state index contributed by atoms with van der Waals surface area (Å²) in [6.45, 7) is 14.4. The third kappa shape index (κ3) is 3.29. The van der Waals surface area contributed by atoms with Gasteiger partial charge in [-0.2, -0.15) is 0 Å². The lowest BCUT2D eigenvalue weighted by Gasteiger charge is -2.40. The van der Waals surface area contributed by atoms with Crippen molar-refractivity contribution in [3.8, 4) is 0 Å². The molecule has 1 fully saturated rings. The first-order valence-electron chi connectivity index (χ1n) is 8.71. The maximum atomic E-state index is 5.60. The minimum Gasteiger partial charge on any atom is -0.377 e. The molecule has 0 aromatic carbocycles. The SMILES string of the molecule is CC.CC.Cc1cc2nc(C)nc3c2c(n1)CC1COCCN31. The summed E-state index contributed by atoms with van der Waals surface area (Å²) in [6.07, 6.45) is 0.928. The smallest absolute Gasteiger partial charge is 0.142 e. The monoisotopic (exact) mass is 316 g/mol. The lowest BCUT2D eigenvalue weighted by molar-refractivity contribution is 0.0927. The molecular formula is C18H28N4O. The van der Waals surface area contributed by atoms with Gasteiger partial charge in [0.2, 0.25) is 0 Å². The molecule has 0 spiro atoms. The average Bonchev–Trinajstić information content (AvgIpc) is 2.58. The van der Waals surface area contributed by atoms with Crippen molar-refractivity contribution < 1.29 is 4.74 Å². The minimum absolute atomic E-state index is 0.369. The van der Waals surface area contributed by atoms with Crippen molar-refractivity contribution in [2.24, 2.45) is 0 Å². The zero-order valence-electron chi connectivity index (χ0n) is 15.2. The number of ether oxygens (including phenoxy) is 1. The van der Waals surface area contributed by atoms with Crippen LogP contribution >= 0.6 is 0 Å². The van der Waals surface area contributed by atoms with Crippen LogP contribution in [0.4, 0.5) is 5.82 Å². The van der Waals surface area contributed by atoms with E-state index >= 15 is 0 Å². The summed E-state index contributed by atoms with van der Waals surface area (Å²) in [6, 6.07) is 2.42. The van der Waals surface area contributed by atoms with Gasteiger partial charge in [-0.25, -0.2) is 9.97 Å². The van der Waals surface area contributed by atoms with E-state index in [0.717, 1.165) is 60.1 Å². The van der Waals surface area contributed by atoms with Crippen LogP contribution in [0, 0.1) is 13.8 Å². The van der Waals surface area contributed by atoms with Gasteiger partial charge in [-0.15, -0.1) is 0 Å². The Balaban J connectivity index is 0.000000448. The second-order valence-electron chi connectivity index (χ2n) is 5.33. The van der Waals surface area contributed by atoms with Crippen LogP contribution in [0.2, 0.25) is 0 Å². The van der Waals surface area contributed by atoms with Crippen LogP contribution in [0.5, 0.6) is 0 Å². The summed E-state index contributed by atoms with van der Waals surface area (Å²) in [5.41, 5.74) is 3.17. The van der Waals surface area contributed by atoms with Crippen molar-refractivity contribution >= 4 is 16.7 Å². The number of anilines is 1. The molecule has 2 aliphatic heterocycles. The van der Waals surface area contributed by atoms with E-state index < -0.39 is 0 Å². The van der Waals surface area contributed by atoms with Gasteiger partial charge in [0.1, 0.15) is 11.6 Å². The van der Waals surface area contributed by atoms with E-state index in [0.29, 0.717) is 6.04 Å². The molecule has 1 unspecified atom stereocenters. The van der Waals surface area contributed by atoms with E-state index in [1.54, 1.807) is 0 Å². The highest BCUT2D eigenvalue weighted by Crippen LogP contribution is 2.34. The lowest BCUT2D eigenvalue weighted by atomic mass is 9.99. The lowest BCUT2D eigenvalue weighted by Crippen LogP contribution is -2.49. The maximum Gasteiger partial charge on any atom is 0.142 e. The molecule has 2 aromatic heterocycles. The summed E-state index contributed by atoms with van der Waals surface area (Å²) in [5, 5.41) is 1.13. The van der Waals surface area contributed by atoms with E-state index in [4.69, 9.17) is 9.72 Å². The van der Waals surface area contributed by atoms with Gasteiger partial charge in [0.25, 0.3) is 0 Å². The van der Waals surface area contributed by atoms with Crippen LogP contribution in [0.15, 0.2) is 6.07 Å². The fourth-order valence-corrected chi connectivity index (χ4v) is 3.14. The molecule has 1 atom stereocenters. The van der Waals surface area contributed by atoms with Crippen molar-refractivity contribution in [3.05, 3.63) is 23.3 Å². The predicted molar refractivity (Wildman–Crippen MR) is 95.2 cm³/mol. The number of hydrogen-bond donors (Lipinski definition) is 0. The molecule has 0 radical (unpaired) electrons. The van der Waals surface area contributed by atoms with Crippen molar-refractivity contribution in [2.45, 2.75) is 54.0 Å². The third-order valence-electron chi connectivity index (χ3n) is 3.90. The van der Waals surface area contributed by atoms with Crippen LogP contribution in [0.25, 0.3) is 10.9 Å². The largest absolute Gasteiger partial charge is 0.377 e. The molecule has 4 heterocycles. The Hall–Kier alpha value is -1.75. The van der Waals surface area contributed by atoms with Crippen LogP contribution < -0.4 is 4.90 Å². The number of aryl methyl sites for hydroxylation is 2. The first-order chi connectivity index (χ1) is 11.2. The highest BCUT2D eigenvalue weighted by Gasteiger charge is 2.32. The molecule has 0 amide bonds. The summed E-state index contributed by atoms with van der Waals surface area (Å²) >= 11 is 0.